The zero-order valence-electron chi connectivity index (χ0n) is 18.4. The standard InChI is InChI=1S/C26H32N4O/c1-19-28-24-11-4-5-12-25(24)30(19)23-10-6-7-21(17-23)26(31)27-18-20-13-15-29(16-14-20)22-8-2-3-9-22/h4-7,10-12,17,20,22H,2-3,8-9,13-16,18H2,1H3,(H,27,31). The van der Waals surface area contributed by atoms with Crippen LogP contribution in [0.3, 0.4) is 0 Å². The Morgan fingerprint density at radius 1 is 1.03 bits per heavy atom. The summed E-state index contributed by atoms with van der Waals surface area (Å²) in [6.45, 7) is 5.15. The van der Waals surface area contributed by atoms with Crippen LogP contribution < -0.4 is 5.32 Å². The summed E-state index contributed by atoms with van der Waals surface area (Å²) in [5.41, 5.74) is 3.71. The second kappa shape index (κ2) is 8.83. The first-order chi connectivity index (χ1) is 15.2. The van der Waals surface area contributed by atoms with E-state index in [-0.39, 0.29) is 5.91 Å². The van der Waals surface area contributed by atoms with Crippen molar-refractivity contribution < 1.29 is 4.79 Å². The normalized spacial score (nSPS) is 18.6. The van der Waals surface area contributed by atoms with E-state index < -0.39 is 0 Å². The molecule has 1 aliphatic carbocycles. The molecular weight excluding hydrogens is 384 g/mol. The fourth-order valence-electron chi connectivity index (χ4n) is 5.39. The number of carbonyl (C=O) groups is 1. The molecule has 1 aromatic heterocycles. The third-order valence-corrected chi connectivity index (χ3v) is 7.14. The van der Waals surface area contributed by atoms with Gasteiger partial charge in [0.15, 0.2) is 0 Å². The van der Waals surface area contributed by atoms with E-state index in [0.717, 1.165) is 35.1 Å². The summed E-state index contributed by atoms with van der Waals surface area (Å²) in [7, 11) is 0. The fraction of sp³-hybridized carbons (Fsp3) is 0.462. The van der Waals surface area contributed by atoms with Gasteiger partial charge in [-0.15, -0.1) is 0 Å². The summed E-state index contributed by atoms with van der Waals surface area (Å²) in [5.74, 6) is 1.53. The van der Waals surface area contributed by atoms with Gasteiger partial charge in [0, 0.05) is 23.8 Å². The van der Waals surface area contributed by atoms with Crippen LogP contribution in [0.1, 0.15) is 54.7 Å². The predicted octanol–water partition coefficient (Wildman–Crippen LogP) is 4.72. The molecule has 31 heavy (non-hydrogen) atoms. The molecule has 0 radical (unpaired) electrons. The second-order valence-electron chi connectivity index (χ2n) is 9.16. The lowest BCUT2D eigenvalue weighted by Gasteiger charge is -2.36. The average Bonchev–Trinajstić information content (AvgIpc) is 3.45. The van der Waals surface area contributed by atoms with Crippen molar-refractivity contribution in [3.05, 3.63) is 59.9 Å². The van der Waals surface area contributed by atoms with E-state index in [2.05, 4.69) is 25.8 Å². The highest BCUT2D eigenvalue weighted by molar-refractivity contribution is 5.95. The quantitative estimate of drug-likeness (QED) is 0.655. The van der Waals surface area contributed by atoms with E-state index in [9.17, 15) is 4.79 Å². The molecule has 1 N–H and O–H groups in total. The van der Waals surface area contributed by atoms with E-state index in [1.54, 1.807) is 0 Å². The first-order valence-electron chi connectivity index (χ1n) is 11.8. The van der Waals surface area contributed by atoms with Crippen LogP contribution in [-0.4, -0.2) is 46.0 Å². The number of imidazole rings is 1. The number of nitrogens with zero attached hydrogens (tertiary/aromatic N) is 3. The number of para-hydroxylation sites is 2. The summed E-state index contributed by atoms with van der Waals surface area (Å²) < 4.78 is 2.12. The van der Waals surface area contributed by atoms with Crippen LogP contribution in [0.4, 0.5) is 0 Å². The van der Waals surface area contributed by atoms with E-state index in [4.69, 9.17) is 0 Å². The number of hydrogen-bond donors (Lipinski definition) is 1. The molecule has 0 bridgehead atoms. The van der Waals surface area contributed by atoms with Gasteiger partial charge in [-0.05, 0) is 81.9 Å². The first kappa shape index (κ1) is 20.3. The van der Waals surface area contributed by atoms with Crippen LogP contribution in [0.15, 0.2) is 48.5 Å². The van der Waals surface area contributed by atoms with Crippen molar-refractivity contribution in [3.63, 3.8) is 0 Å². The van der Waals surface area contributed by atoms with Crippen LogP contribution in [0, 0.1) is 12.8 Å². The minimum Gasteiger partial charge on any atom is -0.352 e. The Kier molecular flexibility index (Phi) is 5.77. The molecular formula is C26H32N4O. The van der Waals surface area contributed by atoms with Gasteiger partial charge in [0.05, 0.1) is 11.0 Å². The Balaban J connectivity index is 1.22. The zero-order valence-corrected chi connectivity index (χ0v) is 18.4. The third-order valence-electron chi connectivity index (χ3n) is 7.14. The molecule has 2 aromatic carbocycles. The summed E-state index contributed by atoms with van der Waals surface area (Å²) >= 11 is 0. The summed E-state index contributed by atoms with van der Waals surface area (Å²) in [5, 5.41) is 3.19. The maximum absolute atomic E-state index is 12.9. The molecule has 5 rings (SSSR count). The number of amides is 1. The number of aromatic nitrogens is 2. The fourth-order valence-corrected chi connectivity index (χ4v) is 5.39. The first-order valence-corrected chi connectivity index (χ1v) is 11.8. The lowest BCUT2D eigenvalue weighted by atomic mass is 9.95. The minimum atomic E-state index is 0.0159. The van der Waals surface area contributed by atoms with E-state index >= 15 is 0 Å². The van der Waals surface area contributed by atoms with Crippen molar-refractivity contribution in [2.75, 3.05) is 19.6 Å². The number of aryl methyl sites for hydroxylation is 1. The molecule has 162 valence electrons. The molecule has 0 unspecified atom stereocenters. The van der Waals surface area contributed by atoms with Crippen LogP contribution in [-0.2, 0) is 0 Å². The number of fused-ring (bicyclic) bond motifs is 1. The maximum Gasteiger partial charge on any atom is 0.251 e. The highest BCUT2D eigenvalue weighted by Crippen LogP contribution is 2.28. The van der Waals surface area contributed by atoms with E-state index in [1.165, 1.54) is 51.6 Å². The zero-order chi connectivity index (χ0) is 21.2. The van der Waals surface area contributed by atoms with E-state index in [1.807, 2.05) is 49.4 Å². The SMILES string of the molecule is Cc1nc2ccccc2n1-c1cccc(C(=O)NCC2CCN(C3CCCC3)CC2)c1. The van der Waals surface area contributed by atoms with Gasteiger partial charge in [-0.1, -0.05) is 31.0 Å². The van der Waals surface area contributed by atoms with E-state index in [0.29, 0.717) is 11.5 Å². The summed E-state index contributed by atoms with van der Waals surface area (Å²) in [6.07, 6.45) is 7.93. The smallest absolute Gasteiger partial charge is 0.251 e. The molecule has 1 amide bonds. The molecule has 3 aromatic rings. The molecule has 1 saturated heterocycles. The van der Waals surface area contributed by atoms with Crippen molar-refractivity contribution in [3.8, 4) is 5.69 Å². The molecule has 2 aliphatic rings. The van der Waals surface area contributed by atoms with Crippen LogP contribution in [0.25, 0.3) is 16.7 Å². The number of hydrogen-bond acceptors (Lipinski definition) is 3. The van der Waals surface area contributed by atoms with Gasteiger partial charge in [0.25, 0.3) is 5.91 Å². The van der Waals surface area contributed by atoms with Gasteiger partial charge < -0.3 is 10.2 Å². The number of benzene rings is 2. The predicted molar refractivity (Wildman–Crippen MR) is 125 cm³/mol. The summed E-state index contributed by atoms with van der Waals surface area (Å²) in [6, 6.07) is 16.8. The van der Waals surface area contributed by atoms with Crippen molar-refractivity contribution in [1.29, 1.82) is 0 Å². The van der Waals surface area contributed by atoms with Crippen LogP contribution in [0.2, 0.25) is 0 Å². The lowest BCUT2D eigenvalue weighted by Crippen LogP contribution is -2.42. The van der Waals surface area contributed by atoms with Gasteiger partial charge in [-0.2, -0.15) is 0 Å². The van der Waals surface area contributed by atoms with Crippen LogP contribution in [0.5, 0.6) is 0 Å². The van der Waals surface area contributed by atoms with Crippen molar-refractivity contribution in [2.24, 2.45) is 5.92 Å². The Hall–Kier alpha value is -2.66. The van der Waals surface area contributed by atoms with Gasteiger partial charge in [-0.25, -0.2) is 4.98 Å². The molecule has 0 atom stereocenters. The van der Waals surface area contributed by atoms with Gasteiger partial charge in [0.2, 0.25) is 0 Å². The second-order valence-corrected chi connectivity index (χ2v) is 9.16. The van der Waals surface area contributed by atoms with Gasteiger partial charge in [-0.3, -0.25) is 9.36 Å². The Morgan fingerprint density at radius 3 is 2.61 bits per heavy atom. The number of carbonyl (C=O) groups excluding carboxylic acids is 1. The third kappa shape index (κ3) is 4.24. The molecule has 2 fully saturated rings. The van der Waals surface area contributed by atoms with Gasteiger partial charge in [0.1, 0.15) is 5.82 Å². The molecule has 0 spiro atoms. The van der Waals surface area contributed by atoms with Crippen molar-refractivity contribution in [2.45, 2.75) is 51.5 Å². The molecule has 5 heteroatoms. The summed E-state index contributed by atoms with van der Waals surface area (Å²) in [4.78, 5) is 20.2. The minimum absolute atomic E-state index is 0.0159. The number of nitrogens with one attached hydrogen (secondary N) is 1. The Bertz CT molecular complexity index is 1060. The van der Waals surface area contributed by atoms with Crippen molar-refractivity contribution in [1.82, 2.24) is 19.8 Å². The number of piperidine rings is 1. The highest BCUT2D eigenvalue weighted by Gasteiger charge is 2.27. The lowest BCUT2D eigenvalue weighted by molar-refractivity contribution is 0.0924. The van der Waals surface area contributed by atoms with Crippen LogP contribution >= 0.6 is 0 Å². The average molecular weight is 417 g/mol. The molecule has 1 aliphatic heterocycles. The Labute approximate surface area is 184 Å². The van der Waals surface area contributed by atoms with Crippen molar-refractivity contribution >= 4 is 16.9 Å². The molecule has 5 nitrogen and oxygen atoms in total. The maximum atomic E-state index is 12.9. The Morgan fingerprint density at radius 2 is 1.81 bits per heavy atom. The molecule has 1 saturated carbocycles. The largest absolute Gasteiger partial charge is 0.352 e. The van der Waals surface area contributed by atoms with Gasteiger partial charge >= 0.3 is 0 Å². The number of rotatable bonds is 5. The molecule has 2 heterocycles. The topological polar surface area (TPSA) is 50.2 Å². The monoisotopic (exact) mass is 416 g/mol. The highest BCUT2D eigenvalue weighted by atomic mass is 16.1. The number of likely N-dealkylation sites (tertiary alicyclic amines) is 1.